The van der Waals surface area contributed by atoms with E-state index in [4.69, 9.17) is 0 Å². The summed E-state index contributed by atoms with van der Waals surface area (Å²) in [6.45, 7) is 2.37. The highest BCUT2D eigenvalue weighted by molar-refractivity contribution is 5.77. The molecule has 1 aromatic heterocycles. The largest absolute Gasteiger partial charge is 0.393 e. The smallest absolute Gasteiger partial charge is 0.271 e. The van der Waals surface area contributed by atoms with Crippen LogP contribution >= 0.6 is 0 Å². The molecule has 0 spiro atoms. The van der Waals surface area contributed by atoms with Gasteiger partial charge >= 0.3 is 0 Å². The number of nitrogens with one attached hydrogen (secondary N) is 1. The Kier molecular flexibility index (Phi) is 3.37. The Hall–Kier alpha value is -1.99. The van der Waals surface area contributed by atoms with Gasteiger partial charge in [-0.25, -0.2) is 4.98 Å². The zero-order valence-electron chi connectivity index (χ0n) is 11.0. The summed E-state index contributed by atoms with van der Waals surface area (Å²) in [4.78, 5) is 20.1. The number of fused-ring (bicyclic) bond motifs is 1. The van der Waals surface area contributed by atoms with Crippen molar-refractivity contribution in [1.29, 1.82) is 0 Å². The lowest BCUT2D eigenvalue weighted by atomic mass is 10.1. The Bertz CT molecular complexity index is 632. The minimum Gasteiger partial charge on any atom is -0.393 e. The second kappa shape index (κ2) is 5.18. The number of aromatic nitrogens is 2. The van der Waals surface area contributed by atoms with Gasteiger partial charge in [0, 0.05) is 25.2 Å². The summed E-state index contributed by atoms with van der Waals surface area (Å²) >= 11 is 0. The van der Waals surface area contributed by atoms with Crippen molar-refractivity contribution in [2.45, 2.75) is 25.5 Å². The van der Waals surface area contributed by atoms with Gasteiger partial charge in [0.1, 0.15) is 5.82 Å². The maximum absolute atomic E-state index is 10.7. The Morgan fingerprint density at radius 1 is 1.45 bits per heavy atom. The maximum atomic E-state index is 10.7. The number of aliphatic hydroxyl groups excluding tert-OH is 1. The Morgan fingerprint density at radius 2 is 2.20 bits per heavy atom. The van der Waals surface area contributed by atoms with Gasteiger partial charge in [-0.05, 0) is 18.9 Å². The number of hydrogen-bond acceptors (Lipinski definition) is 5. The van der Waals surface area contributed by atoms with Gasteiger partial charge in [0.15, 0.2) is 0 Å². The van der Waals surface area contributed by atoms with E-state index >= 15 is 0 Å². The Labute approximate surface area is 115 Å². The molecule has 2 aromatic rings. The van der Waals surface area contributed by atoms with Crippen molar-refractivity contribution in [2.24, 2.45) is 0 Å². The fraction of sp³-hybridized carbons (Fsp3) is 0.462. The summed E-state index contributed by atoms with van der Waals surface area (Å²) in [5.74, 6) is 0.803. The maximum Gasteiger partial charge on any atom is 0.271 e. The normalized spacial score (nSPS) is 17.6. The van der Waals surface area contributed by atoms with Crippen molar-refractivity contribution >= 4 is 16.7 Å². The zero-order chi connectivity index (χ0) is 14.1. The van der Waals surface area contributed by atoms with Crippen molar-refractivity contribution in [3.8, 4) is 0 Å². The van der Waals surface area contributed by atoms with Gasteiger partial charge in [-0.3, -0.25) is 15.0 Å². The molecule has 0 aliphatic carbocycles. The number of nitro benzene ring substituents is 1. The number of benzene rings is 1. The zero-order valence-corrected chi connectivity index (χ0v) is 11.0. The lowest BCUT2D eigenvalue weighted by Gasteiger charge is -2.28. The van der Waals surface area contributed by atoms with E-state index in [1.807, 2.05) is 0 Å². The summed E-state index contributed by atoms with van der Waals surface area (Å²) in [7, 11) is 0. The molecule has 1 aliphatic heterocycles. The molecule has 1 saturated heterocycles. The number of nitro groups is 1. The fourth-order valence-electron chi connectivity index (χ4n) is 2.53. The number of H-pyrrole nitrogens is 1. The van der Waals surface area contributed by atoms with E-state index in [2.05, 4.69) is 14.9 Å². The lowest BCUT2D eigenvalue weighted by molar-refractivity contribution is -0.384. The molecule has 7 nitrogen and oxygen atoms in total. The molecule has 2 N–H and O–H groups in total. The number of hydrogen-bond donors (Lipinski definition) is 2. The van der Waals surface area contributed by atoms with Crippen LogP contribution in [0.3, 0.4) is 0 Å². The molecule has 2 heterocycles. The van der Waals surface area contributed by atoms with Gasteiger partial charge < -0.3 is 10.1 Å². The third-order valence-corrected chi connectivity index (χ3v) is 3.66. The molecule has 0 atom stereocenters. The van der Waals surface area contributed by atoms with Crippen molar-refractivity contribution in [1.82, 2.24) is 14.9 Å². The molecule has 1 aliphatic rings. The Morgan fingerprint density at radius 3 is 2.90 bits per heavy atom. The monoisotopic (exact) mass is 276 g/mol. The molecule has 0 saturated carbocycles. The number of rotatable bonds is 3. The second-order valence-corrected chi connectivity index (χ2v) is 5.15. The van der Waals surface area contributed by atoms with Crippen LogP contribution in [0.15, 0.2) is 18.2 Å². The highest BCUT2D eigenvalue weighted by Crippen LogP contribution is 2.20. The van der Waals surface area contributed by atoms with E-state index in [0.717, 1.165) is 37.3 Å². The summed E-state index contributed by atoms with van der Waals surface area (Å²) in [5.41, 5.74) is 1.49. The van der Waals surface area contributed by atoms with Crippen molar-refractivity contribution < 1.29 is 10.0 Å². The van der Waals surface area contributed by atoms with E-state index in [1.54, 1.807) is 6.07 Å². The van der Waals surface area contributed by atoms with Gasteiger partial charge in [0.25, 0.3) is 5.69 Å². The van der Waals surface area contributed by atoms with Crippen LogP contribution in [0.25, 0.3) is 11.0 Å². The van der Waals surface area contributed by atoms with E-state index in [1.165, 1.54) is 12.1 Å². The molecule has 0 bridgehead atoms. The SMILES string of the molecule is O=[N+]([O-])c1ccc2nc(CN3CCC(O)CC3)[nH]c2c1. The van der Waals surface area contributed by atoms with Crippen LogP contribution in [0.5, 0.6) is 0 Å². The molecular formula is C13H16N4O3. The predicted molar refractivity (Wildman–Crippen MR) is 73.3 cm³/mol. The average Bonchev–Trinajstić information content (AvgIpc) is 2.82. The van der Waals surface area contributed by atoms with Gasteiger partial charge in [-0.1, -0.05) is 0 Å². The van der Waals surface area contributed by atoms with Crippen LogP contribution < -0.4 is 0 Å². The number of piperidine rings is 1. The van der Waals surface area contributed by atoms with Gasteiger partial charge in [0.2, 0.25) is 0 Å². The van der Waals surface area contributed by atoms with E-state index in [0.29, 0.717) is 12.1 Å². The topological polar surface area (TPSA) is 95.3 Å². The third kappa shape index (κ3) is 2.63. The molecule has 106 valence electrons. The van der Waals surface area contributed by atoms with Crippen molar-refractivity contribution in [2.75, 3.05) is 13.1 Å². The first kappa shape index (κ1) is 13.0. The van der Waals surface area contributed by atoms with Crippen LogP contribution in [0.2, 0.25) is 0 Å². The van der Waals surface area contributed by atoms with E-state index < -0.39 is 4.92 Å². The minimum atomic E-state index is -0.411. The average molecular weight is 276 g/mol. The first-order valence-electron chi connectivity index (χ1n) is 6.65. The summed E-state index contributed by atoms with van der Waals surface area (Å²) in [6.07, 6.45) is 1.38. The molecule has 20 heavy (non-hydrogen) atoms. The fourth-order valence-corrected chi connectivity index (χ4v) is 2.53. The van der Waals surface area contributed by atoms with Crippen LogP contribution in [0.1, 0.15) is 18.7 Å². The van der Waals surface area contributed by atoms with Crippen LogP contribution in [0.4, 0.5) is 5.69 Å². The van der Waals surface area contributed by atoms with Gasteiger partial charge in [-0.15, -0.1) is 0 Å². The van der Waals surface area contributed by atoms with Crippen LogP contribution in [0, 0.1) is 10.1 Å². The number of aliphatic hydroxyl groups is 1. The number of non-ortho nitro benzene ring substituents is 1. The number of aromatic amines is 1. The molecule has 1 fully saturated rings. The van der Waals surface area contributed by atoms with Crippen LogP contribution in [-0.2, 0) is 6.54 Å². The van der Waals surface area contributed by atoms with Crippen LogP contribution in [-0.4, -0.2) is 44.1 Å². The summed E-state index contributed by atoms with van der Waals surface area (Å²) in [6, 6.07) is 4.63. The number of nitrogens with zero attached hydrogens (tertiary/aromatic N) is 3. The molecule has 0 radical (unpaired) electrons. The number of imidazole rings is 1. The van der Waals surface area contributed by atoms with E-state index in [9.17, 15) is 15.2 Å². The molecule has 0 unspecified atom stereocenters. The lowest BCUT2D eigenvalue weighted by Crippen LogP contribution is -2.35. The molecule has 7 heteroatoms. The summed E-state index contributed by atoms with van der Waals surface area (Å²) in [5, 5.41) is 20.2. The highest BCUT2D eigenvalue weighted by atomic mass is 16.6. The number of likely N-dealkylation sites (tertiary alicyclic amines) is 1. The first-order chi connectivity index (χ1) is 9.61. The molecule has 3 rings (SSSR count). The minimum absolute atomic E-state index is 0.0637. The molecular weight excluding hydrogens is 260 g/mol. The van der Waals surface area contributed by atoms with Crippen molar-refractivity contribution in [3.63, 3.8) is 0 Å². The summed E-state index contributed by atoms with van der Waals surface area (Å²) < 4.78 is 0. The standard InChI is InChI=1S/C13H16N4O3/c18-10-3-5-16(6-4-10)8-13-14-11-2-1-9(17(19)20)7-12(11)15-13/h1-2,7,10,18H,3-6,8H2,(H,14,15). The van der Waals surface area contributed by atoms with Gasteiger partial charge in [-0.2, -0.15) is 0 Å². The first-order valence-corrected chi connectivity index (χ1v) is 6.65. The van der Waals surface area contributed by atoms with Gasteiger partial charge in [0.05, 0.1) is 28.6 Å². The van der Waals surface area contributed by atoms with E-state index in [-0.39, 0.29) is 11.8 Å². The van der Waals surface area contributed by atoms with Crippen molar-refractivity contribution in [3.05, 3.63) is 34.1 Å². The predicted octanol–water partition coefficient (Wildman–Crippen LogP) is 1.43. The molecule has 1 aromatic carbocycles. The highest BCUT2D eigenvalue weighted by Gasteiger charge is 2.18. The second-order valence-electron chi connectivity index (χ2n) is 5.15. The Balaban J connectivity index is 1.77. The molecule has 0 amide bonds. The quantitative estimate of drug-likeness (QED) is 0.653. The third-order valence-electron chi connectivity index (χ3n) is 3.66.